The number of nitrogens with zero attached hydrogens (tertiary/aromatic N) is 2. The fourth-order valence-corrected chi connectivity index (χ4v) is 2.63. The van der Waals surface area contributed by atoms with Crippen molar-refractivity contribution < 1.29 is 0 Å². The first-order valence-corrected chi connectivity index (χ1v) is 7.04. The Bertz CT molecular complexity index is 365. The Morgan fingerprint density at radius 2 is 2.33 bits per heavy atom. The van der Waals surface area contributed by atoms with Crippen LogP contribution in [0.15, 0.2) is 24.4 Å². The standard InChI is InChI=1S/C15H25N3/c1-4-15(3)12-18(11-7-10-17-15)13(2)14-8-5-6-9-16-14/h5-6,8-9,13,17H,4,7,10-12H2,1-3H3. The lowest BCUT2D eigenvalue weighted by Gasteiger charge is -2.35. The van der Waals surface area contributed by atoms with Crippen molar-refractivity contribution in [2.24, 2.45) is 0 Å². The molecular formula is C15H25N3. The molecule has 2 unspecified atom stereocenters. The van der Waals surface area contributed by atoms with Crippen LogP contribution in [0.4, 0.5) is 0 Å². The molecule has 0 radical (unpaired) electrons. The van der Waals surface area contributed by atoms with Crippen molar-refractivity contribution in [1.29, 1.82) is 0 Å². The zero-order valence-corrected chi connectivity index (χ0v) is 11.8. The Labute approximate surface area is 111 Å². The van der Waals surface area contributed by atoms with E-state index in [4.69, 9.17) is 0 Å². The van der Waals surface area contributed by atoms with Crippen LogP contribution in [0.3, 0.4) is 0 Å². The summed E-state index contributed by atoms with van der Waals surface area (Å²) in [5, 5.41) is 3.68. The highest BCUT2D eigenvalue weighted by Crippen LogP contribution is 2.24. The average Bonchev–Trinajstić information content (AvgIpc) is 2.62. The maximum Gasteiger partial charge on any atom is 0.0572 e. The van der Waals surface area contributed by atoms with Crippen molar-refractivity contribution in [2.75, 3.05) is 19.6 Å². The van der Waals surface area contributed by atoms with Crippen molar-refractivity contribution in [3.05, 3.63) is 30.1 Å². The molecule has 1 aliphatic rings. The van der Waals surface area contributed by atoms with Crippen molar-refractivity contribution in [3.63, 3.8) is 0 Å². The molecule has 2 heterocycles. The molecule has 1 saturated heterocycles. The molecule has 3 heteroatoms. The van der Waals surface area contributed by atoms with E-state index in [2.05, 4.69) is 48.1 Å². The van der Waals surface area contributed by atoms with Gasteiger partial charge in [-0.05, 0) is 45.4 Å². The van der Waals surface area contributed by atoms with Gasteiger partial charge in [-0.15, -0.1) is 0 Å². The monoisotopic (exact) mass is 247 g/mol. The summed E-state index contributed by atoms with van der Waals surface area (Å²) in [6, 6.07) is 6.59. The molecule has 100 valence electrons. The van der Waals surface area contributed by atoms with Crippen LogP contribution < -0.4 is 5.32 Å². The Morgan fingerprint density at radius 1 is 1.50 bits per heavy atom. The predicted molar refractivity (Wildman–Crippen MR) is 75.5 cm³/mol. The number of pyridine rings is 1. The van der Waals surface area contributed by atoms with Crippen LogP contribution in [0.1, 0.15) is 45.3 Å². The van der Waals surface area contributed by atoms with Crippen LogP contribution in [-0.4, -0.2) is 35.1 Å². The van der Waals surface area contributed by atoms with Gasteiger partial charge in [0.1, 0.15) is 0 Å². The third-order valence-corrected chi connectivity index (χ3v) is 4.17. The molecule has 1 aromatic rings. The third-order valence-electron chi connectivity index (χ3n) is 4.17. The fraction of sp³-hybridized carbons (Fsp3) is 0.667. The second-order valence-electron chi connectivity index (χ2n) is 5.60. The first-order valence-electron chi connectivity index (χ1n) is 7.04. The van der Waals surface area contributed by atoms with E-state index in [1.807, 2.05) is 12.3 Å². The molecule has 0 aliphatic carbocycles. The Kier molecular flexibility index (Phi) is 4.36. The van der Waals surface area contributed by atoms with Crippen molar-refractivity contribution in [2.45, 2.75) is 45.2 Å². The minimum absolute atomic E-state index is 0.236. The first kappa shape index (κ1) is 13.5. The molecule has 0 saturated carbocycles. The topological polar surface area (TPSA) is 28.2 Å². The van der Waals surface area contributed by atoms with E-state index in [0.29, 0.717) is 6.04 Å². The smallest absolute Gasteiger partial charge is 0.0572 e. The molecule has 3 nitrogen and oxygen atoms in total. The van der Waals surface area contributed by atoms with Gasteiger partial charge in [0.05, 0.1) is 5.69 Å². The summed E-state index contributed by atoms with van der Waals surface area (Å²) in [4.78, 5) is 7.06. The van der Waals surface area contributed by atoms with E-state index >= 15 is 0 Å². The van der Waals surface area contributed by atoms with E-state index in [-0.39, 0.29) is 5.54 Å². The van der Waals surface area contributed by atoms with E-state index < -0.39 is 0 Å². The lowest BCUT2D eigenvalue weighted by Crippen LogP contribution is -2.49. The summed E-state index contributed by atoms with van der Waals surface area (Å²) in [5.74, 6) is 0. The normalized spacial score (nSPS) is 27.7. The maximum absolute atomic E-state index is 4.50. The highest BCUT2D eigenvalue weighted by molar-refractivity contribution is 5.08. The molecule has 1 N–H and O–H groups in total. The molecule has 1 fully saturated rings. The van der Waals surface area contributed by atoms with Gasteiger partial charge in [0, 0.05) is 30.9 Å². The van der Waals surface area contributed by atoms with E-state index in [0.717, 1.165) is 19.6 Å². The number of hydrogen-bond donors (Lipinski definition) is 1. The molecule has 0 amide bonds. The van der Waals surface area contributed by atoms with Gasteiger partial charge in [0.15, 0.2) is 0 Å². The molecule has 1 aromatic heterocycles. The van der Waals surface area contributed by atoms with Crippen LogP contribution in [0, 0.1) is 0 Å². The van der Waals surface area contributed by atoms with Gasteiger partial charge < -0.3 is 5.32 Å². The minimum atomic E-state index is 0.236. The van der Waals surface area contributed by atoms with E-state index in [1.54, 1.807) is 0 Å². The van der Waals surface area contributed by atoms with Crippen LogP contribution >= 0.6 is 0 Å². The predicted octanol–water partition coefficient (Wildman–Crippen LogP) is 2.61. The molecule has 1 aliphatic heterocycles. The highest BCUT2D eigenvalue weighted by atomic mass is 15.2. The van der Waals surface area contributed by atoms with Crippen LogP contribution in [-0.2, 0) is 0 Å². The Balaban J connectivity index is 2.11. The number of nitrogens with one attached hydrogen (secondary N) is 1. The number of rotatable bonds is 3. The van der Waals surface area contributed by atoms with Gasteiger partial charge in [-0.2, -0.15) is 0 Å². The van der Waals surface area contributed by atoms with E-state index in [9.17, 15) is 0 Å². The molecule has 0 spiro atoms. The van der Waals surface area contributed by atoms with Gasteiger partial charge in [-0.3, -0.25) is 9.88 Å². The molecule has 18 heavy (non-hydrogen) atoms. The molecule has 2 rings (SSSR count). The largest absolute Gasteiger partial charge is 0.310 e. The first-order chi connectivity index (χ1) is 8.64. The Morgan fingerprint density at radius 3 is 3.00 bits per heavy atom. The number of hydrogen-bond acceptors (Lipinski definition) is 3. The van der Waals surface area contributed by atoms with Crippen LogP contribution in [0.2, 0.25) is 0 Å². The van der Waals surface area contributed by atoms with Gasteiger partial charge in [0.25, 0.3) is 0 Å². The lowest BCUT2D eigenvalue weighted by molar-refractivity contribution is 0.167. The summed E-state index contributed by atoms with van der Waals surface area (Å²) in [7, 11) is 0. The second kappa shape index (κ2) is 5.81. The quantitative estimate of drug-likeness (QED) is 0.890. The fourth-order valence-electron chi connectivity index (χ4n) is 2.63. The lowest BCUT2D eigenvalue weighted by atomic mass is 9.97. The van der Waals surface area contributed by atoms with Gasteiger partial charge in [0.2, 0.25) is 0 Å². The van der Waals surface area contributed by atoms with Crippen LogP contribution in [0.25, 0.3) is 0 Å². The summed E-state index contributed by atoms with van der Waals surface area (Å²) in [6.45, 7) is 10.2. The summed E-state index contributed by atoms with van der Waals surface area (Å²) in [6.07, 6.45) is 4.27. The zero-order chi connectivity index (χ0) is 13.0. The average molecular weight is 247 g/mol. The minimum Gasteiger partial charge on any atom is -0.310 e. The van der Waals surface area contributed by atoms with Gasteiger partial charge >= 0.3 is 0 Å². The van der Waals surface area contributed by atoms with Crippen molar-refractivity contribution >= 4 is 0 Å². The zero-order valence-electron chi connectivity index (χ0n) is 11.8. The van der Waals surface area contributed by atoms with E-state index in [1.165, 1.54) is 18.5 Å². The molecule has 0 aromatic carbocycles. The molecular weight excluding hydrogens is 222 g/mol. The van der Waals surface area contributed by atoms with Crippen molar-refractivity contribution in [3.8, 4) is 0 Å². The molecule has 0 bridgehead atoms. The third kappa shape index (κ3) is 3.09. The second-order valence-corrected chi connectivity index (χ2v) is 5.60. The van der Waals surface area contributed by atoms with Gasteiger partial charge in [-0.25, -0.2) is 0 Å². The Hall–Kier alpha value is -0.930. The summed E-state index contributed by atoms with van der Waals surface area (Å²) < 4.78 is 0. The highest BCUT2D eigenvalue weighted by Gasteiger charge is 2.29. The summed E-state index contributed by atoms with van der Waals surface area (Å²) >= 11 is 0. The maximum atomic E-state index is 4.50. The van der Waals surface area contributed by atoms with Crippen molar-refractivity contribution in [1.82, 2.24) is 15.2 Å². The van der Waals surface area contributed by atoms with Gasteiger partial charge in [-0.1, -0.05) is 13.0 Å². The summed E-state index contributed by atoms with van der Waals surface area (Å²) in [5.41, 5.74) is 1.41. The number of aromatic nitrogens is 1. The SMILES string of the molecule is CCC1(C)CN(C(C)c2ccccn2)CCCN1. The van der Waals surface area contributed by atoms with Crippen LogP contribution in [0.5, 0.6) is 0 Å². The molecule has 2 atom stereocenters.